The molecule has 98 valence electrons. The lowest BCUT2D eigenvalue weighted by Crippen LogP contribution is -2.56. The molecule has 0 aliphatic carbocycles. The van der Waals surface area contributed by atoms with Gasteiger partial charge in [-0.15, -0.1) is 0 Å². The average Bonchev–Trinajstić information content (AvgIpc) is 2.28. The summed E-state index contributed by atoms with van der Waals surface area (Å²) in [5.74, 6) is 0.149. The van der Waals surface area contributed by atoms with Gasteiger partial charge in [-0.1, -0.05) is 0 Å². The van der Waals surface area contributed by atoms with Crippen molar-refractivity contribution in [3.05, 3.63) is 0 Å². The van der Waals surface area contributed by atoms with Crippen molar-refractivity contribution in [2.75, 3.05) is 44.4 Å². The van der Waals surface area contributed by atoms with Crippen LogP contribution < -0.4 is 0 Å². The molecule has 1 unspecified atom stereocenters. The maximum atomic E-state index is 12.2. The highest BCUT2D eigenvalue weighted by molar-refractivity contribution is 7.91. The lowest BCUT2D eigenvalue weighted by molar-refractivity contribution is 0.0409. The van der Waals surface area contributed by atoms with Crippen molar-refractivity contribution in [2.24, 2.45) is 0 Å². The molecule has 2 aliphatic rings. The molecule has 0 aromatic carbocycles. The Kier molecular flexibility index (Phi) is 3.58. The lowest BCUT2D eigenvalue weighted by Gasteiger charge is -2.38. The van der Waals surface area contributed by atoms with Crippen molar-refractivity contribution < 1.29 is 17.9 Å². The zero-order chi connectivity index (χ0) is 12.5. The Morgan fingerprint density at radius 1 is 1.24 bits per heavy atom. The summed E-state index contributed by atoms with van der Waals surface area (Å²) in [6.45, 7) is 4.40. The monoisotopic (exact) mass is 262 g/mol. The van der Waals surface area contributed by atoms with E-state index in [1.54, 1.807) is 16.7 Å². The van der Waals surface area contributed by atoms with Crippen molar-refractivity contribution in [2.45, 2.75) is 13.0 Å². The molecule has 1 atom stereocenters. The molecule has 6 nitrogen and oxygen atoms in total. The standard InChI is InChI=1S/C10H18N2O4S/c1-9-8-17(14,15)7-4-12(9)10(13)11-2-5-16-6-3-11/h9H,2-8H2,1H3. The maximum Gasteiger partial charge on any atom is 0.320 e. The Balaban J connectivity index is 2.00. The number of hydrogen-bond acceptors (Lipinski definition) is 4. The highest BCUT2D eigenvalue weighted by Crippen LogP contribution is 2.14. The molecular weight excluding hydrogens is 244 g/mol. The number of nitrogens with zero attached hydrogens (tertiary/aromatic N) is 2. The van der Waals surface area contributed by atoms with Crippen LogP contribution in [-0.4, -0.2) is 74.6 Å². The van der Waals surface area contributed by atoms with Crippen LogP contribution in [0, 0.1) is 0 Å². The van der Waals surface area contributed by atoms with E-state index in [1.165, 1.54) is 0 Å². The van der Waals surface area contributed by atoms with Gasteiger partial charge in [0.05, 0.1) is 24.7 Å². The molecule has 17 heavy (non-hydrogen) atoms. The zero-order valence-electron chi connectivity index (χ0n) is 9.96. The molecule has 2 aliphatic heterocycles. The van der Waals surface area contributed by atoms with Crippen LogP contribution in [0.15, 0.2) is 0 Å². The first-order valence-corrected chi connectivity index (χ1v) is 7.65. The summed E-state index contributed by atoms with van der Waals surface area (Å²) in [6, 6.07) is -0.292. The molecule has 0 saturated carbocycles. The van der Waals surface area contributed by atoms with Gasteiger partial charge in [0.1, 0.15) is 0 Å². The molecule has 0 bridgehead atoms. The largest absolute Gasteiger partial charge is 0.378 e. The molecule has 0 N–H and O–H groups in total. The third-order valence-corrected chi connectivity index (χ3v) is 4.99. The summed E-state index contributed by atoms with van der Waals surface area (Å²) in [4.78, 5) is 15.6. The quantitative estimate of drug-likeness (QED) is 0.593. The number of sulfone groups is 1. The minimum atomic E-state index is -2.97. The third-order valence-electron chi connectivity index (χ3n) is 3.20. The van der Waals surface area contributed by atoms with E-state index in [0.717, 1.165) is 0 Å². The van der Waals surface area contributed by atoms with Crippen molar-refractivity contribution >= 4 is 15.9 Å². The average molecular weight is 262 g/mol. The first-order chi connectivity index (χ1) is 7.99. The van der Waals surface area contributed by atoms with Gasteiger partial charge in [-0.2, -0.15) is 0 Å². The number of hydrogen-bond donors (Lipinski definition) is 0. The van der Waals surface area contributed by atoms with Crippen molar-refractivity contribution in [3.8, 4) is 0 Å². The number of carbonyl (C=O) groups excluding carboxylic acids is 1. The second kappa shape index (κ2) is 4.81. The minimum absolute atomic E-state index is 0.0595. The molecule has 0 spiro atoms. The van der Waals surface area contributed by atoms with Crippen LogP contribution in [0.4, 0.5) is 4.79 Å². The van der Waals surface area contributed by atoms with E-state index in [9.17, 15) is 13.2 Å². The van der Waals surface area contributed by atoms with Gasteiger partial charge in [-0.05, 0) is 6.92 Å². The van der Waals surface area contributed by atoms with Crippen LogP contribution >= 0.6 is 0 Å². The molecule has 2 fully saturated rings. The fourth-order valence-electron chi connectivity index (χ4n) is 2.22. The van der Waals surface area contributed by atoms with E-state index in [4.69, 9.17) is 4.74 Å². The summed E-state index contributed by atoms with van der Waals surface area (Å²) in [7, 11) is -2.97. The summed E-state index contributed by atoms with van der Waals surface area (Å²) < 4.78 is 28.1. The topological polar surface area (TPSA) is 66.9 Å². The van der Waals surface area contributed by atoms with E-state index < -0.39 is 9.84 Å². The van der Waals surface area contributed by atoms with Gasteiger partial charge in [0.15, 0.2) is 9.84 Å². The summed E-state index contributed by atoms with van der Waals surface area (Å²) in [5.41, 5.74) is 0. The summed E-state index contributed by atoms with van der Waals surface area (Å²) >= 11 is 0. The predicted molar refractivity (Wildman–Crippen MR) is 62.6 cm³/mol. The van der Waals surface area contributed by atoms with Crippen LogP contribution in [0.5, 0.6) is 0 Å². The number of amides is 2. The lowest BCUT2D eigenvalue weighted by atomic mass is 10.3. The number of morpholine rings is 1. The predicted octanol–water partition coefficient (Wildman–Crippen LogP) is -0.442. The molecule has 2 saturated heterocycles. The Morgan fingerprint density at radius 2 is 1.88 bits per heavy atom. The van der Waals surface area contributed by atoms with Crippen LogP contribution in [0.25, 0.3) is 0 Å². The van der Waals surface area contributed by atoms with Gasteiger partial charge in [-0.25, -0.2) is 13.2 Å². The Labute approximate surface area is 101 Å². The molecule has 0 aromatic rings. The van der Waals surface area contributed by atoms with Gasteiger partial charge in [0.25, 0.3) is 0 Å². The van der Waals surface area contributed by atoms with Crippen LogP contribution in [0.3, 0.4) is 0 Å². The Bertz CT molecular complexity index is 389. The van der Waals surface area contributed by atoms with Gasteiger partial charge < -0.3 is 14.5 Å². The fourth-order valence-corrected chi connectivity index (χ4v) is 3.78. The molecule has 2 heterocycles. The van der Waals surface area contributed by atoms with E-state index >= 15 is 0 Å². The molecule has 0 radical (unpaired) electrons. The second-order valence-corrected chi connectivity index (χ2v) is 6.77. The van der Waals surface area contributed by atoms with Gasteiger partial charge in [0, 0.05) is 25.7 Å². The first-order valence-electron chi connectivity index (χ1n) is 5.83. The smallest absolute Gasteiger partial charge is 0.320 e. The molecule has 7 heteroatoms. The molecular formula is C10H18N2O4S. The van der Waals surface area contributed by atoms with Gasteiger partial charge in [0.2, 0.25) is 0 Å². The SMILES string of the molecule is CC1CS(=O)(=O)CCN1C(=O)N1CCOCC1. The fraction of sp³-hybridized carbons (Fsp3) is 0.900. The minimum Gasteiger partial charge on any atom is -0.378 e. The molecule has 2 rings (SSSR count). The summed E-state index contributed by atoms with van der Waals surface area (Å²) in [5, 5.41) is 0. The van der Waals surface area contributed by atoms with E-state index in [-0.39, 0.29) is 23.6 Å². The van der Waals surface area contributed by atoms with Gasteiger partial charge in [-0.3, -0.25) is 0 Å². The first kappa shape index (κ1) is 12.6. The zero-order valence-corrected chi connectivity index (χ0v) is 10.8. The molecule has 2 amide bonds. The third kappa shape index (κ3) is 2.90. The Morgan fingerprint density at radius 3 is 2.47 bits per heavy atom. The van der Waals surface area contributed by atoms with E-state index in [0.29, 0.717) is 32.8 Å². The second-order valence-electron chi connectivity index (χ2n) is 4.54. The van der Waals surface area contributed by atoms with Crippen LogP contribution in [0.2, 0.25) is 0 Å². The van der Waals surface area contributed by atoms with Crippen molar-refractivity contribution in [3.63, 3.8) is 0 Å². The number of urea groups is 1. The number of carbonyl (C=O) groups is 1. The van der Waals surface area contributed by atoms with Crippen LogP contribution in [-0.2, 0) is 14.6 Å². The van der Waals surface area contributed by atoms with Crippen molar-refractivity contribution in [1.82, 2.24) is 9.80 Å². The van der Waals surface area contributed by atoms with E-state index in [1.807, 2.05) is 0 Å². The van der Waals surface area contributed by atoms with Crippen molar-refractivity contribution in [1.29, 1.82) is 0 Å². The van der Waals surface area contributed by atoms with Gasteiger partial charge >= 0.3 is 6.03 Å². The highest BCUT2D eigenvalue weighted by Gasteiger charge is 2.33. The number of rotatable bonds is 0. The van der Waals surface area contributed by atoms with Crippen LogP contribution in [0.1, 0.15) is 6.92 Å². The normalized spacial score (nSPS) is 29.1. The number of ether oxygens (including phenoxy) is 1. The maximum absolute atomic E-state index is 12.2. The van der Waals surface area contributed by atoms with E-state index in [2.05, 4.69) is 0 Å². The molecule has 0 aromatic heterocycles. The Hall–Kier alpha value is -0.820. The summed E-state index contributed by atoms with van der Waals surface area (Å²) in [6.07, 6.45) is 0. The highest BCUT2D eigenvalue weighted by atomic mass is 32.2.